The molecule has 0 fully saturated rings. The number of anilines is 1. The SMILES string of the molecule is O=C(Nc1ccc(OCCCc2cccnc2)nc1)c1c[nH]c2c1C(=O)CCC2. The molecule has 0 bridgehead atoms. The highest BCUT2D eigenvalue weighted by Gasteiger charge is 2.25. The molecule has 7 heteroatoms. The molecular weight excluding hydrogens is 368 g/mol. The minimum Gasteiger partial charge on any atom is -0.478 e. The van der Waals surface area contributed by atoms with E-state index in [1.165, 1.54) is 5.56 Å². The lowest BCUT2D eigenvalue weighted by Gasteiger charge is -2.12. The number of nitrogens with zero attached hydrogens (tertiary/aromatic N) is 2. The van der Waals surface area contributed by atoms with Gasteiger partial charge in [0.1, 0.15) is 0 Å². The van der Waals surface area contributed by atoms with Crippen LogP contribution in [0.5, 0.6) is 5.88 Å². The molecule has 0 radical (unpaired) electrons. The number of amides is 1. The minimum atomic E-state index is -0.315. The minimum absolute atomic E-state index is 0.0193. The van der Waals surface area contributed by atoms with E-state index in [0.29, 0.717) is 35.7 Å². The fourth-order valence-corrected chi connectivity index (χ4v) is 3.45. The average molecular weight is 390 g/mol. The number of ether oxygens (including phenoxy) is 1. The van der Waals surface area contributed by atoms with Crippen molar-refractivity contribution in [2.75, 3.05) is 11.9 Å². The zero-order valence-electron chi connectivity index (χ0n) is 16.0. The maximum Gasteiger partial charge on any atom is 0.257 e. The number of aromatic amines is 1. The summed E-state index contributed by atoms with van der Waals surface area (Å²) < 4.78 is 5.65. The Hall–Kier alpha value is -3.48. The predicted octanol–water partition coefficient (Wildman–Crippen LogP) is 3.59. The van der Waals surface area contributed by atoms with E-state index < -0.39 is 0 Å². The molecule has 1 amide bonds. The van der Waals surface area contributed by atoms with E-state index in [-0.39, 0.29) is 11.7 Å². The highest BCUT2D eigenvalue weighted by Crippen LogP contribution is 2.25. The normalized spacial score (nSPS) is 13.0. The molecule has 3 aromatic rings. The summed E-state index contributed by atoms with van der Waals surface area (Å²) in [5, 5.41) is 2.79. The van der Waals surface area contributed by atoms with E-state index in [1.807, 2.05) is 18.3 Å². The van der Waals surface area contributed by atoms with Crippen LogP contribution in [0.25, 0.3) is 0 Å². The zero-order valence-corrected chi connectivity index (χ0v) is 16.0. The van der Waals surface area contributed by atoms with Gasteiger partial charge in [-0.1, -0.05) is 6.07 Å². The van der Waals surface area contributed by atoms with Crippen LogP contribution in [0.15, 0.2) is 49.1 Å². The Morgan fingerprint density at radius 3 is 2.93 bits per heavy atom. The van der Waals surface area contributed by atoms with Crippen molar-refractivity contribution in [2.24, 2.45) is 0 Å². The lowest BCUT2D eigenvalue weighted by atomic mass is 9.93. The van der Waals surface area contributed by atoms with Crippen molar-refractivity contribution in [1.82, 2.24) is 15.0 Å². The lowest BCUT2D eigenvalue weighted by Crippen LogP contribution is -2.18. The van der Waals surface area contributed by atoms with Crippen molar-refractivity contribution < 1.29 is 14.3 Å². The van der Waals surface area contributed by atoms with Gasteiger partial charge in [0.15, 0.2) is 5.78 Å². The highest BCUT2D eigenvalue weighted by molar-refractivity contribution is 6.13. The number of ketones is 1. The van der Waals surface area contributed by atoms with E-state index in [9.17, 15) is 9.59 Å². The van der Waals surface area contributed by atoms with E-state index in [2.05, 4.69) is 20.3 Å². The van der Waals surface area contributed by atoms with Crippen LogP contribution >= 0.6 is 0 Å². The Morgan fingerprint density at radius 2 is 2.14 bits per heavy atom. The van der Waals surface area contributed by atoms with Gasteiger partial charge in [0.2, 0.25) is 5.88 Å². The van der Waals surface area contributed by atoms with Gasteiger partial charge in [-0.15, -0.1) is 0 Å². The number of rotatable bonds is 7. The molecule has 4 rings (SSSR count). The first-order valence-corrected chi connectivity index (χ1v) is 9.73. The zero-order chi connectivity index (χ0) is 20.1. The Bertz CT molecular complexity index is 997. The molecule has 0 aromatic carbocycles. The molecular formula is C22H22N4O3. The Kier molecular flexibility index (Phi) is 5.65. The van der Waals surface area contributed by atoms with Crippen molar-refractivity contribution in [3.63, 3.8) is 0 Å². The molecule has 2 N–H and O–H groups in total. The molecule has 148 valence electrons. The van der Waals surface area contributed by atoms with Crippen LogP contribution in [0.4, 0.5) is 5.69 Å². The molecule has 0 atom stereocenters. The third kappa shape index (κ3) is 4.51. The van der Waals surface area contributed by atoms with Crippen molar-refractivity contribution in [1.29, 1.82) is 0 Å². The van der Waals surface area contributed by atoms with Crippen LogP contribution < -0.4 is 10.1 Å². The molecule has 0 aliphatic heterocycles. The fourth-order valence-electron chi connectivity index (χ4n) is 3.45. The smallest absolute Gasteiger partial charge is 0.257 e. The van der Waals surface area contributed by atoms with Gasteiger partial charge < -0.3 is 15.0 Å². The number of aromatic nitrogens is 3. The molecule has 0 saturated carbocycles. The summed E-state index contributed by atoms with van der Waals surface area (Å²) in [6, 6.07) is 7.42. The second kappa shape index (κ2) is 8.68. The summed E-state index contributed by atoms with van der Waals surface area (Å²) in [6.07, 6.45) is 10.6. The molecule has 0 unspecified atom stereocenters. The van der Waals surface area contributed by atoms with Crippen LogP contribution in [0, 0.1) is 0 Å². The maximum atomic E-state index is 12.6. The molecule has 3 heterocycles. The van der Waals surface area contributed by atoms with E-state index in [0.717, 1.165) is 31.4 Å². The number of carbonyl (C=O) groups is 2. The number of carbonyl (C=O) groups excluding carboxylic acids is 2. The Morgan fingerprint density at radius 1 is 1.21 bits per heavy atom. The van der Waals surface area contributed by atoms with Gasteiger partial charge in [-0.2, -0.15) is 0 Å². The number of hydrogen-bond acceptors (Lipinski definition) is 5. The number of fused-ring (bicyclic) bond motifs is 1. The molecule has 29 heavy (non-hydrogen) atoms. The first kappa shape index (κ1) is 18.9. The number of Topliss-reactive ketones (excluding diaryl/α,β-unsaturated/α-hetero) is 1. The molecule has 3 aromatic heterocycles. The second-order valence-corrected chi connectivity index (χ2v) is 6.99. The van der Waals surface area contributed by atoms with Crippen LogP contribution in [0.2, 0.25) is 0 Å². The van der Waals surface area contributed by atoms with Crippen LogP contribution in [-0.2, 0) is 12.8 Å². The predicted molar refractivity (Wildman–Crippen MR) is 108 cm³/mol. The third-order valence-electron chi connectivity index (χ3n) is 4.89. The second-order valence-electron chi connectivity index (χ2n) is 6.99. The van der Waals surface area contributed by atoms with Gasteiger partial charge >= 0.3 is 0 Å². The summed E-state index contributed by atoms with van der Waals surface area (Å²) in [4.78, 5) is 36.1. The third-order valence-corrected chi connectivity index (χ3v) is 4.89. The first-order valence-electron chi connectivity index (χ1n) is 9.73. The topological polar surface area (TPSA) is 97.0 Å². The van der Waals surface area contributed by atoms with Crippen molar-refractivity contribution >= 4 is 17.4 Å². The molecule has 0 spiro atoms. The Labute approximate surface area is 168 Å². The molecule has 7 nitrogen and oxygen atoms in total. The van der Waals surface area contributed by atoms with Gasteiger partial charge in [-0.05, 0) is 43.4 Å². The van der Waals surface area contributed by atoms with Crippen molar-refractivity contribution in [3.05, 3.63) is 71.4 Å². The molecule has 0 saturated heterocycles. The number of H-pyrrole nitrogens is 1. The van der Waals surface area contributed by atoms with Gasteiger partial charge in [-0.3, -0.25) is 14.6 Å². The van der Waals surface area contributed by atoms with Gasteiger partial charge in [0.25, 0.3) is 5.91 Å². The van der Waals surface area contributed by atoms with Gasteiger partial charge in [0.05, 0.1) is 29.6 Å². The quantitative estimate of drug-likeness (QED) is 0.601. The summed E-state index contributed by atoms with van der Waals surface area (Å²) in [5.41, 5.74) is 3.48. The summed E-state index contributed by atoms with van der Waals surface area (Å²) in [5.74, 6) is 0.207. The van der Waals surface area contributed by atoms with E-state index >= 15 is 0 Å². The molecule has 1 aliphatic carbocycles. The average Bonchev–Trinajstić information content (AvgIpc) is 3.19. The number of nitrogens with one attached hydrogen (secondary N) is 2. The first-order chi connectivity index (χ1) is 14.2. The number of aryl methyl sites for hydroxylation is 2. The van der Waals surface area contributed by atoms with E-state index in [1.54, 1.807) is 30.7 Å². The summed E-state index contributed by atoms with van der Waals surface area (Å²) in [6.45, 7) is 0.547. The van der Waals surface area contributed by atoms with E-state index in [4.69, 9.17) is 4.74 Å². The lowest BCUT2D eigenvalue weighted by molar-refractivity contribution is 0.0956. The van der Waals surface area contributed by atoms with Crippen LogP contribution in [0.3, 0.4) is 0 Å². The van der Waals surface area contributed by atoms with Crippen molar-refractivity contribution in [3.8, 4) is 5.88 Å². The van der Waals surface area contributed by atoms with Gasteiger partial charge in [0, 0.05) is 36.8 Å². The maximum absolute atomic E-state index is 12.6. The molecule has 1 aliphatic rings. The Balaban J connectivity index is 1.30. The van der Waals surface area contributed by atoms with Crippen LogP contribution in [0.1, 0.15) is 51.2 Å². The summed E-state index contributed by atoms with van der Waals surface area (Å²) in [7, 11) is 0. The highest BCUT2D eigenvalue weighted by atomic mass is 16.5. The number of pyridine rings is 2. The van der Waals surface area contributed by atoms with Crippen LogP contribution in [-0.4, -0.2) is 33.2 Å². The largest absolute Gasteiger partial charge is 0.478 e. The summed E-state index contributed by atoms with van der Waals surface area (Å²) >= 11 is 0. The monoisotopic (exact) mass is 390 g/mol. The van der Waals surface area contributed by atoms with Crippen molar-refractivity contribution in [2.45, 2.75) is 32.1 Å². The standard InChI is InChI=1S/C22H22N4O3/c27-19-7-1-6-18-21(19)17(14-24-18)22(28)26-16-8-9-20(25-13-16)29-11-3-5-15-4-2-10-23-12-15/h2,4,8-10,12-14,24H,1,3,5-7,11H2,(H,26,28). The van der Waals surface area contributed by atoms with Gasteiger partial charge in [-0.25, -0.2) is 4.98 Å². The number of hydrogen-bond donors (Lipinski definition) is 2. The fraction of sp³-hybridized carbons (Fsp3) is 0.273.